The highest BCUT2D eigenvalue weighted by Gasteiger charge is 2.44. The SMILES string of the molecule is CCOc1ccc(NC(=O)CSC2=C(C#N)[C@@H](c3ccccc3)[C@H](C(=O)OC)C(=O)N2)cc1. The van der Waals surface area contributed by atoms with E-state index in [-0.39, 0.29) is 22.3 Å². The lowest BCUT2D eigenvalue weighted by molar-refractivity contribution is -0.150. The molecule has 0 saturated heterocycles. The fourth-order valence-electron chi connectivity index (χ4n) is 3.48. The van der Waals surface area contributed by atoms with Crippen molar-refractivity contribution in [2.45, 2.75) is 12.8 Å². The summed E-state index contributed by atoms with van der Waals surface area (Å²) in [4.78, 5) is 37.6. The number of nitrogens with one attached hydrogen (secondary N) is 2. The molecule has 0 aromatic heterocycles. The average molecular weight is 466 g/mol. The van der Waals surface area contributed by atoms with Crippen molar-refractivity contribution >= 4 is 35.2 Å². The number of nitriles is 1. The molecule has 170 valence electrons. The zero-order valence-corrected chi connectivity index (χ0v) is 19.0. The second-order valence-electron chi connectivity index (χ2n) is 7.03. The van der Waals surface area contributed by atoms with Crippen LogP contribution in [0.4, 0.5) is 5.69 Å². The Labute approximate surface area is 195 Å². The molecule has 2 aromatic rings. The van der Waals surface area contributed by atoms with Gasteiger partial charge in [-0.25, -0.2) is 0 Å². The van der Waals surface area contributed by atoms with Crippen LogP contribution in [0.15, 0.2) is 65.2 Å². The van der Waals surface area contributed by atoms with E-state index in [0.29, 0.717) is 23.6 Å². The van der Waals surface area contributed by atoms with Gasteiger partial charge in [-0.05, 0) is 36.8 Å². The number of methoxy groups -OCH3 is 1. The number of amides is 2. The predicted molar refractivity (Wildman–Crippen MR) is 124 cm³/mol. The number of rotatable bonds is 8. The van der Waals surface area contributed by atoms with Gasteiger partial charge >= 0.3 is 5.97 Å². The standard InChI is InChI=1S/C24H23N3O5S/c1-3-32-17-11-9-16(10-12-17)26-19(28)14-33-23-18(13-25)20(15-7-5-4-6-8-15)21(22(29)27-23)24(30)31-2/h4-12,20-21H,3,14H2,1-2H3,(H,26,28)(H,27,29)/t20-,21+/m1/s1. The summed E-state index contributed by atoms with van der Waals surface area (Å²) in [6.07, 6.45) is 0. The Hall–Kier alpha value is -3.77. The van der Waals surface area contributed by atoms with E-state index in [1.807, 2.05) is 6.92 Å². The lowest BCUT2D eigenvalue weighted by Gasteiger charge is -2.30. The molecule has 0 saturated carbocycles. The zero-order valence-electron chi connectivity index (χ0n) is 18.2. The summed E-state index contributed by atoms with van der Waals surface area (Å²) in [6.45, 7) is 2.43. The van der Waals surface area contributed by atoms with Gasteiger partial charge in [-0.2, -0.15) is 5.26 Å². The maximum Gasteiger partial charge on any atom is 0.319 e. The Balaban J connectivity index is 1.79. The third kappa shape index (κ3) is 5.73. The Morgan fingerprint density at radius 1 is 1.15 bits per heavy atom. The summed E-state index contributed by atoms with van der Waals surface area (Å²) >= 11 is 1.03. The summed E-state index contributed by atoms with van der Waals surface area (Å²) in [5, 5.41) is 15.5. The van der Waals surface area contributed by atoms with Gasteiger partial charge in [-0.15, -0.1) is 0 Å². The first-order valence-electron chi connectivity index (χ1n) is 10.2. The van der Waals surface area contributed by atoms with Gasteiger partial charge in [-0.3, -0.25) is 14.4 Å². The van der Waals surface area contributed by atoms with Crippen molar-refractivity contribution in [2.75, 3.05) is 24.8 Å². The van der Waals surface area contributed by atoms with E-state index in [0.717, 1.165) is 11.8 Å². The monoisotopic (exact) mass is 465 g/mol. The number of carbonyl (C=O) groups is 3. The van der Waals surface area contributed by atoms with Crippen molar-refractivity contribution in [3.8, 4) is 11.8 Å². The minimum Gasteiger partial charge on any atom is -0.494 e. The Kier molecular flexibility index (Phi) is 8.11. The minimum absolute atomic E-state index is 0.0432. The highest BCUT2D eigenvalue weighted by Crippen LogP contribution is 2.40. The third-order valence-corrected chi connectivity index (χ3v) is 5.96. The summed E-state index contributed by atoms with van der Waals surface area (Å²) in [5.41, 5.74) is 1.44. The topological polar surface area (TPSA) is 118 Å². The van der Waals surface area contributed by atoms with Gasteiger partial charge in [0, 0.05) is 11.6 Å². The first-order chi connectivity index (χ1) is 16.0. The van der Waals surface area contributed by atoms with Crippen LogP contribution >= 0.6 is 11.8 Å². The molecule has 2 aromatic carbocycles. The number of allylic oxidation sites excluding steroid dienone is 1. The van der Waals surface area contributed by atoms with Crippen molar-refractivity contribution < 1.29 is 23.9 Å². The van der Waals surface area contributed by atoms with Gasteiger partial charge in [0.15, 0.2) is 0 Å². The van der Waals surface area contributed by atoms with Gasteiger partial charge in [0.2, 0.25) is 11.8 Å². The van der Waals surface area contributed by atoms with Crippen LogP contribution in [0.2, 0.25) is 0 Å². The molecular weight excluding hydrogens is 442 g/mol. The lowest BCUT2D eigenvalue weighted by Crippen LogP contribution is -2.44. The van der Waals surface area contributed by atoms with E-state index in [9.17, 15) is 19.6 Å². The largest absolute Gasteiger partial charge is 0.494 e. The molecule has 0 aliphatic carbocycles. The molecule has 2 N–H and O–H groups in total. The third-order valence-electron chi connectivity index (χ3n) is 4.94. The normalized spacial score (nSPS) is 17.5. The van der Waals surface area contributed by atoms with Crippen LogP contribution in [0.1, 0.15) is 18.4 Å². The molecule has 1 aliphatic rings. The van der Waals surface area contributed by atoms with Crippen molar-refractivity contribution in [3.63, 3.8) is 0 Å². The summed E-state index contributed by atoms with van der Waals surface area (Å²) in [5.74, 6) is -2.97. The van der Waals surface area contributed by atoms with Crippen LogP contribution in [0, 0.1) is 17.2 Å². The van der Waals surface area contributed by atoms with Gasteiger partial charge in [-0.1, -0.05) is 42.1 Å². The predicted octanol–water partition coefficient (Wildman–Crippen LogP) is 3.19. The fourth-order valence-corrected chi connectivity index (χ4v) is 4.32. The van der Waals surface area contributed by atoms with Crippen molar-refractivity contribution in [1.29, 1.82) is 5.26 Å². The first kappa shape index (κ1) is 23.9. The molecule has 0 radical (unpaired) electrons. The van der Waals surface area contributed by atoms with Crippen molar-refractivity contribution in [2.24, 2.45) is 5.92 Å². The van der Waals surface area contributed by atoms with Gasteiger partial charge in [0.05, 0.1) is 36.1 Å². The number of esters is 1. The van der Waals surface area contributed by atoms with E-state index in [1.165, 1.54) is 7.11 Å². The molecule has 0 bridgehead atoms. The van der Waals surface area contributed by atoms with Crippen LogP contribution in [0.25, 0.3) is 0 Å². The second kappa shape index (κ2) is 11.2. The number of thioether (sulfide) groups is 1. The molecule has 3 rings (SSSR count). The maximum atomic E-state index is 12.8. The molecule has 9 heteroatoms. The molecule has 0 fully saturated rings. The van der Waals surface area contributed by atoms with E-state index < -0.39 is 23.7 Å². The fraction of sp³-hybridized carbons (Fsp3) is 0.250. The number of benzene rings is 2. The molecule has 0 unspecified atom stereocenters. The molecule has 8 nitrogen and oxygen atoms in total. The van der Waals surface area contributed by atoms with E-state index >= 15 is 0 Å². The average Bonchev–Trinajstić information content (AvgIpc) is 2.83. The number of hydrogen-bond acceptors (Lipinski definition) is 7. The van der Waals surface area contributed by atoms with Crippen LogP contribution in [-0.2, 0) is 19.1 Å². The Morgan fingerprint density at radius 3 is 2.45 bits per heavy atom. The van der Waals surface area contributed by atoms with Crippen LogP contribution in [0.5, 0.6) is 5.75 Å². The quantitative estimate of drug-likeness (QED) is 0.454. The molecule has 2 amide bonds. The molecule has 2 atom stereocenters. The van der Waals surface area contributed by atoms with E-state index in [2.05, 4.69) is 16.7 Å². The zero-order chi connectivity index (χ0) is 23.8. The minimum atomic E-state index is -1.20. The first-order valence-corrected chi connectivity index (χ1v) is 11.2. The summed E-state index contributed by atoms with van der Waals surface area (Å²) < 4.78 is 10.2. The number of anilines is 1. The molecule has 33 heavy (non-hydrogen) atoms. The molecular formula is C24H23N3O5S. The number of nitrogens with zero attached hydrogens (tertiary/aromatic N) is 1. The highest BCUT2D eigenvalue weighted by atomic mass is 32.2. The van der Waals surface area contributed by atoms with E-state index in [4.69, 9.17) is 9.47 Å². The van der Waals surface area contributed by atoms with Crippen molar-refractivity contribution in [3.05, 3.63) is 70.8 Å². The van der Waals surface area contributed by atoms with Gasteiger partial charge < -0.3 is 20.1 Å². The Morgan fingerprint density at radius 2 is 1.85 bits per heavy atom. The number of hydrogen-bond donors (Lipinski definition) is 2. The smallest absolute Gasteiger partial charge is 0.319 e. The van der Waals surface area contributed by atoms with Crippen LogP contribution < -0.4 is 15.4 Å². The van der Waals surface area contributed by atoms with Crippen LogP contribution in [0.3, 0.4) is 0 Å². The van der Waals surface area contributed by atoms with Crippen molar-refractivity contribution in [1.82, 2.24) is 5.32 Å². The molecule has 1 aliphatic heterocycles. The summed E-state index contributed by atoms with van der Waals surface area (Å²) in [6, 6.07) is 17.9. The van der Waals surface area contributed by atoms with E-state index in [1.54, 1.807) is 54.6 Å². The van der Waals surface area contributed by atoms with Gasteiger partial charge in [0.1, 0.15) is 11.7 Å². The Bertz CT molecular complexity index is 1090. The summed E-state index contributed by atoms with van der Waals surface area (Å²) in [7, 11) is 1.20. The van der Waals surface area contributed by atoms with Gasteiger partial charge in [0.25, 0.3) is 0 Å². The number of ether oxygens (including phenoxy) is 2. The lowest BCUT2D eigenvalue weighted by atomic mass is 9.78. The molecule has 1 heterocycles. The highest BCUT2D eigenvalue weighted by molar-refractivity contribution is 8.03. The van der Waals surface area contributed by atoms with Crippen LogP contribution in [-0.4, -0.2) is 37.3 Å². The maximum absolute atomic E-state index is 12.8. The number of carbonyl (C=O) groups excluding carboxylic acids is 3. The molecule has 0 spiro atoms. The second-order valence-corrected chi connectivity index (χ2v) is 8.01.